The summed E-state index contributed by atoms with van der Waals surface area (Å²) < 4.78 is 16.8. The van der Waals surface area contributed by atoms with Crippen LogP contribution in [0.25, 0.3) is 0 Å². The average molecular weight is 891 g/mol. The van der Waals surface area contributed by atoms with Gasteiger partial charge in [-0.15, -0.1) is 0 Å². The standard InChI is InChI=1S/C58H98O6/c1-4-7-10-13-16-19-22-25-28-29-31-33-36-39-42-45-48-51-57(60)63-54-55(53-62-56(59)50-47-44-41-38-35-32-27-24-21-18-15-12-9-6-3)64-58(61)52-49-46-43-40-37-34-30-26-23-20-17-14-11-8-5-2/h7,10,15-16,18-19,24-28,30-31,33,55H,4-6,8-9,11-14,17,20-23,29,32,34-54H2,1-3H3/b10-7-,18-15-,19-16-,27-24-,28-25-,30-26-,33-31-. The first-order valence-corrected chi connectivity index (χ1v) is 26.6. The van der Waals surface area contributed by atoms with E-state index >= 15 is 0 Å². The van der Waals surface area contributed by atoms with Crippen molar-refractivity contribution in [3.63, 3.8) is 0 Å². The Bertz CT molecular complexity index is 1250. The minimum absolute atomic E-state index is 0.0956. The van der Waals surface area contributed by atoms with E-state index < -0.39 is 6.10 Å². The molecule has 0 aliphatic carbocycles. The normalized spacial score (nSPS) is 12.7. The van der Waals surface area contributed by atoms with Crippen LogP contribution in [-0.2, 0) is 28.6 Å². The molecule has 0 N–H and O–H groups in total. The van der Waals surface area contributed by atoms with Crippen molar-refractivity contribution < 1.29 is 28.6 Å². The van der Waals surface area contributed by atoms with Crippen molar-refractivity contribution in [2.24, 2.45) is 0 Å². The molecule has 6 nitrogen and oxygen atoms in total. The minimum atomic E-state index is -0.797. The molecule has 6 heteroatoms. The third kappa shape index (κ3) is 49.6. The highest BCUT2D eigenvalue weighted by Crippen LogP contribution is 2.13. The van der Waals surface area contributed by atoms with E-state index in [9.17, 15) is 14.4 Å². The van der Waals surface area contributed by atoms with E-state index in [1.54, 1.807) is 0 Å². The molecule has 0 radical (unpaired) electrons. The first kappa shape index (κ1) is 60.6. The fourth-order valence-electron chi connectivity index (χ4n) is 7.09. The molecule has 0 fully saturated rings. The Morgan fingerprint density at radius 3 is 1.02 bits per heavy atom. The van der Waals surface area contributed by atoms with Gasteiger partial charge in [0.2, 0.25) is 0 Å². The van der Waals surface area contributed by atoms with Gasteiger partial charge in [0.05, 0.1) is 0 Å². The first-order chi connectivity index (χ1) is 31.5. The Labute approximate surface area is 395 Å². The van der Waals surface area contributed by atoms with Crippen LogP contribution in [0.15, 0.2) is 85.1 Å². The number of allylic oxidation sites excluding steroid dienone is 14. The predicted octanol–water partition coefficient (Wildman–Crippen LogP) is 17.6. The highest BCUT2D eigenvalue weighted by molar-refractivity contribution is 5.71. The summed E-state index contributed by atoms with van der Waals surface area (Å²) in [7, 11) is 0. The fraction of sp³-hybridized carbons (Fsp3) is 0.707. The van der Waals surface area contributed by atoms with Crippen LogP contribution in [0.5, 0.6) is 0 Å². The van der Waals surface area contributed by atoms with E-state index in [0.717, 1.165) is 135 Å². The zero-order valence-corrected chi connectivity index (χ0v) is 41.8. The summed E-state index contributed by atoms with van der Waals surface area (Å²) in [6, 6.07) is 0. The molecule has 1 atom stereocenters. The SMILES string of the molecule is CC/C=C\C/C=C\C/C=C\C/C=C\CCCCCCC(=O)OCC(COC(=O)CCCCCCC/C=C\C/C=C\CCCC)OC(=O)CCCCCCC/C=C\CCCCCCCC. The highest BCUT2D eigenvalue weighted by atomic mass is 16.6. The van der Waals surface area contributed by atoms with Crippen molar-refractivity contribution in [1.29, 1.82) is 0 Å². The molecule has 0 aromatic rings. The van der Waals surface area contributed by atoms with Crippen LogP contribution < -0.4 is 0 Å². The largest absolute Gasteiger partial charge is 0.462 e. The van der Waals surface area contributed by atoms with Crippen molar-refractivity contribution in [2.45, 2.75) is 252 Å². The minimum Gasteiger partial charge on any atom is -0.462 e. The van der Waals surface area contributed by atoms with Gasteiger partial charge >= 0.3 is 17.9 Å². The Hall–Kier alpha value is -3.41. The topological polar surface area (TPSA) is 78.9 Å². The molecule has 0 spiro atoms. The fourth-order valence-corrected chi connectivity index (χ4v) is 7.09. The molecule has 0 saturated carbocycles. The molecule has 0 rings (SSSR count). The first-order valence-electron chi connectivity index (χ1n) is 26.6. The molecule has 0 aromatic carbocycles. The molecule has 0 bridgehead atoms. The average Bonchev–Trinajstić information content (AvgIpc) is 3.29. The van der Waals surface area contributed by atoms with Crippen LogP contribution in [0, 0.1) is 0 Å². The molecule has 0 amide bonds. The third-order valence-electron chi connectivity index (χ3n) is 11.1. The number of hydrogen-bond acceptors (Lipinski definition) is 6. The Balaban J connectivity index is 4.47. The lowest BCUT2D eigenvalue weighted by atomic mass is 10.1. The van der Waals surface area contributed by atoms with Gasteiger partial charge in [-0.05, 0) is 109 Å². The van der Waals surface area contributed by atoms with E-state index in [2.05, 4.69) is 106 Å². The molecule has 0 heterocycles. The second-order valence-electron chi connectivity index (χ2n) is 17.4. The quantitative estimate of drug-likeness (QED) is 0.0262. The number of carbonyl (C=O) groups excluding carboxylic acids is 3. The zero-order chi connectivity index (χ0) is 46.5. The Morgan fingerprint density at radius 2 is 0.625 bits per heavy atom. The van der Waals surface area contributed by atoms with Crippen molar-refractivity contribution in [2.75, 3.05) is 13.2 Å². The maximum absolute atomic E-state index is 12.8. The van der Waals surface area contributed by atoms with Crippen molar-refractivity contribution in [3.05, 3.63) is 85.1 Å². The molecule has 366 valence electrons. The van der Waals surface area contributed by atoms with E-state index in [-0.39, 0.29) is 31.1 Å². The van der Waals surface area contributed by atoms with E-state index in [4.69, 9.17) is 14.2 Å². The molecule has 0 aliphatic heterocycles. The van der Waals surface area contributed by atoms with E-state index in [0.29, 0.717) is 19.3 Å². The number of carbonyl (C=O) groups is 3. The lowest BCUT2D eigenvalue weighted by Crippen LogP contribution is -2.30. The molecule has 0 aromatic heterocycles. The van der Waals surface area contributed by atoms with Gasteiger partial charge in [-0.2, -0.15) is 0 Å². The summed E-state index contributed by atoms with van der Waals surface area (Å²) in [5.41, 5.74) is 0. The predicted molar refractivity (Wildman–Crippen MR) is 274 cm³/mol. The monoisotopic (exact) mass is 891 g/mol. The summed E-state index contributed by atoms with van der Waals surface area (Å²) in [6.07, 6.45) is 67.0. The lowest BCUT2D eigenvalue weighted by Gasteiger charge is -2.18. The van der Waals surface area contributed by atoms with Crippen LogP contribution in [0.3, 0.4) is 0 Å². The number of esters is 3. The maximum atomic E-state index is 12.8. The molecule has 0 aliphatic rings. The summed E-state index contributed by atoms with van der Waals surface area (Å²) in [5.74, 6) is -0.940. The van der Waals surface area contributed by atoms with Gasteiger partial charge in [-0.25, -0.2) is 0 Å². The van der Waals surface area contributed by atoms with Crippen LogP contribution in [0.4, 0.5) is 0 Å². The summed E-state index contributed by atoms with van der Waals surface area (Å²) in [4.78, 5) is 38.0. The molecule has 64 heavy (non-hydrogen) atoms. The van der Waals surface area contributed by atoms with Crippen LogP contribution >= 0.6 is 0 Å². The number of ether oxygens (including phenoxy) is 3. The van der Waals surface area contributed by atoms with Crippen molar-refractivity contribution in [3.8, 4) is 0 Å². The van der Waals surface area contributed by atoms with Gasteiger partial charge in [0, 0.05) is 19.3 Å². The van der Waals surface area contributed by atoms with Gasteiger partial charge in [0.1, 0.15) is 13.2 Å². The summed E-state index contributed by atoms with van der Waals surface area (Å²) in [6.45, 7) is 6.44. The van der Waals surface area contributed by atoms with Gasteiger partial charge in [-0.1, -0.05) is 202 Å². The smallest absolute Gasteiger partial charge is 0.306 e. The van der Waals surface area contributed by atoms with Gasteiger partial charge in [0.25, 0.3) is 0 Å². The Kier molecular flexibility index (Phi) is 49.4. The van der Waals surface area contributed by atoms with Gasteiger partial charge in [-0.3, -0.25) is 14.4 Å². The summed E-state index contributed by atoms with van der Waals surface area (Å²) >= 11 is 0. The maximum Gasteiger partial charge on any atom is 0.306 e. The van der Waals surface area contributed by atoms with Crippen LogP contribution in [0.1, 0.15) is 245 Å². The molecular formula is C58H98O6. The number of rotatable bonds is 47. The third-order valence-corrected chi connectivity index (χ3v) is 11.1. The van der Waals surface area contributed by atoms with E-state index in [1.165, 1.54) is 70.6 Å². The number of unbranched alkanes of at least 4 members (excludes halogenated alkanes) is 22. The zero-order valence-electron chi connectivity index (χ0n) is 41.8. The summed E-state index contributed by atoms with van der Waals surface area (Å²) in [5, 5.41) is 0. The second-order valence-corrected chi connectivity index (χ2v) is 17.4. The lowest BCUT2D eigenvalue weighted by molar-refractivity contribution is -0.167. The highest BCUT2D eigenvalue weighted by Gasteiger charge is 2.19. The van der Waals surface area contributed by atoms with Crippen LogP contribution in [0.2, 0.25) is 0 Å². The van der Waals surface area contributed by atoms with Crippen molar-refractivity contribution >= 4 is 17.9 Å². The van der Waals surface area contributed by atoms with E-state index in [1.807, 2.05) is 0 Å². The molecule has 1 unspecified atom stereocenters. The van der Waals surface area contributed by atoms with Crippen LogP contribution in [-0.4, -0.2) is 37.2 Å². The van der Waals surface area contributed by atoms with Gasteiger partial charge in [0.15, 0.2) is 6.10 Å². The van der Waals surface area contributed by atoms with Crippen molar-refractivity contribution in [1.82, 2.24) is 0 Å². The molecule has 0 saturated heterocycles. The van der Waals surface area contributed by atoms with Gasteiger partial charge < -0.3 is 14.2 Å². The second kappa shape index (κ2) is 52.2. The number of hydrogen-bond donors (Lipinski definition) is 0. The molecular weight excluding hydrogens is 793 g/mol. The Morgan fingerprint density at radius 1 is 0.328 bits per heavy atom.